The number of halogens is 1. The van der Waals surface area contributed by atoms with Gasteiger partial charge < -0.3 is 10.1 Å². The largest absolute Gasteiger partial charge is 0.497 e. The van der Waals surface area contributed by atoms with Crippen LogP contribution in [-0.4, -0.2) is 19.1 Å². The fourth-order valence-electron chi connectivity index (χ4n) is 1.99. The van der Waals surface area contributed by atoms with Crippen LogP contribution in [0.3, 0.4) is 0 Å². The van der Waals surface area contributed by atoms with Crippen LogP contribution in [0.1, 0.15) is 29.6 Å². The van der Waals surface area contributed by atoms with E-state index in [9.17, 15) is 9.18 Å². The Kier molecular flexibility index (Phi) is 3.97. The fraction of sp³-hybridized carbons (Fsp3) is 0.357. The molecule has 0 heterocycles. The lowest BCUT2D eigenvalue weighted by Crippen LogP contribution is -2.35. The second-order valence-corrected chi connectivity index (χ2v) is 4.30. The van der Waals surface area contributed by atoms with Gasteiger partial charge in [-0.1, -0.05) is 12.2 Å². The van der Waals surface area contributed by atoms with E-state index < -0.39 is 5.82 Å². The summed E-state index contributed by atoms with van der Waals surface area (Å²) in [5, 5.41) is 2.84. The molecule has 1 aliphatic rings. The predicted molar refractivity (Wildman–Crippen MR) is 67.2 cm³/mol. The van der Waals surface area contributed by atoms with Crippen LogP contribution in [0.15, 0.2) is 30.4 Å². The van der Waals surface area contributed by atoms with Gasteiger partial charge in [0.2, 0.25) is 0 Å². The monoisotopic (exact) mass is 249 g/mol. The van der Waals surface area contributed by atoms with Crippen molar-refractivity contribution in [1.82, 2.24) is 5.32 Å². The maximum Gasteiger partial charge on any atom is 0.254 e. The molecule has 2 rings (SSSR count). The van der Waals surface area contributed by atoms with Gasteiger partial charge in [-0.15, -0.1) is 0 Å². The molecule has 0 spiro atoms. The minimum Gasteiger partial charge on any atom is -0.497 e. The highest BCUT2D eigenvalue weighted by atomic mass is 19.1. The molecule has 1 aliphatic carbocycles. The Morgan fingerprint density at radius 2 is 2.28 bits per heavy atom. The summed E-state index contributed by atoms with van der Waals surface area (Å²) in [6.45, 7) is 0. The quantitative estimate of drug-likeness (QED) is 0.836. The van der Waals surface area contributed by atoms with Crippen molar-refractivity contribution in [2.24, 2.45) is 0 Å². The second kappa shape index (κ2) is 5.67. The first kappa shape index (κ1) is 12.6. The van der Waals surface area contributed by atoms with Crippen LogP contribution in [0.2, 0.25) is 0 Å². The Hall–Kier alpha value is -1.84. The molecule has 3 nitrogen and oxygen atoms in total. The topological polar surface area (TPSA) is 38.3 Å². The number of benzene rings is 1. The lowest BCUT2D eigenvalue weighted by atomic mass is 10.0. The van der Waals surface area contributed by atoms with Gasteiger partial charge in [-0.2, -0.15) is 0 Å². The number of hydrogen-bond acceptors (Lipinski definition) is 2. The fourth-order valence-corrected chi connectivity index (χ4v) is 1.99. The number of amides is 1. The van der Waals surface area contributed by atoms with Crippen molar-refractivity contribution in [1.29, 1.82) is 0 Å². The molecule has 0 aromatic heterocycles. The van der Waals surface area contributed by atoms with Gasteiger partial charge in [-0.05, 0) is 31.4 Å². The van der Waals surface area contributed by atoms with Gasteiger partial charge in [0.05, 0.1) is 12.7 Å². The van der Waals surface area contributed by atoms with E-state index in [0.29, 0.717) is 5.75 Å². The first-order valence-corrected chi connectivity index (χ1v) is 6.00. The maximum atomic E-state index is 13.7. The normalized spacial score (nSPS) is 18.4. The summed E-state index contributed by atoms with van der Waals surface area (Å²) >= 11 is 0. The van der Waals surface area contributed by atoms with Gasteiger partial charge in [0.15, 0.2) is 0 Å². The summed E-state index contributed by atoms with van der Waals surface area (Å²) in [4.78, 5) is 11.9. The third-order valence-electron chi connectivity index (χ3n) is 3.03. The van der Waals surface area contributed by atoms with E-state index in [0.717, 1.165) is 19.3 Å². The highest BCUT2D eigenvalue weighted by molar-refractivity contribution is 5.94. The van der Waals surface area contributed by atoms with Crippen molar-refractivity contribution in [3.05, 3.63) is 41.7 Å². The summed E-state index contributed by atoms with van der Waals surface area (Å²) in [6.07, 6.45) is 6.80. The van der Waals surface area contributed by atoms with Crippen LogP contribution in [-0.2, 0) is 0 Å². The van der Waals surface area contributed by atoms with E-state index in [1.165, 1.54) is 19.2 Å². The molecular formula is C14H16FNO2. The molecule has 1 aromatic carbocycles. The molecule has 0 aliphatic heterocycles. The third-order valence-corrected chi connectivity index (χ3v) is 3.03. The smallest absolute Gasteiger partial charge is 0.254 e. The third kappa shape index (κ3) is 2.88. The lowest BCUT2D eigenvalue weighted by Gasteiger charge is -2.19. The zero-order chi connectivity index (χ0) is 13.0. The zero-order valence-corrected chi connectivity index (χ0v) is 10.3. The molecule has 1 aromatic rings. The summed E-state index contributed by atoms with van der Waals surface area (Å²) < 4.78 is 18.6. The van der Waals surface area contributed by atoms with E-state index in [-0.39, 0.29) is 17.5 Å². The average Bonchev–Trinajstić information content (AvgIpc) is 2.39. The van der Waals surface area contributed by atoms with Crippen molar-refractivity contribution in [2.75, 3.05) is 7.11 Å². The number of rotatable bonds is 3. The molecule has 1 atom stereocenters. The van der Waals surface area contributed by atoms with Gasteiger partial charge in [0, 0.05) is 12.1 Å². The molecule has 0 fully saturated rings. The summed E-state index contributed by atoms with van der Waals surface area (Å²) in [7, 11) is 1.46. The van der Waals surface area contributed by atoms with Gasteiger partial charge in [0.1, 0.15) is 11.6 Å². The van der Waals surface area contributed by atoms with Gasteiger partial charge >= 0.3 is 0 Å². The zero-order valence-electron chi connectivity index (χ0n) is 10.3. The van der Waals surface area contributed by atoms with Crippen molar-refractivity contribution in [3.63, 3.8) is 0 Å². The minimum absolute atomic E-state index is 0.0605. The number of carbonyl (C=O) groups is 1. The van der Waals surface area contributed by atoms with Crippen LogP contribution in [0.5, 0.6) is 5.75 Å². The number of ether oxygens (including phenoxy) is 1. The first-order chi connectivity index (χ1) is 8.70. The Morgan fingerprint density at radius 1 is 1.44 bits per heavy atom. The second-order valence-electron chi connectivity index (χ2n) is 4.30. The molecule has 0 saturated heterocycles. The molecule has 1 amide bonds. The van der Waals surface area contributed by atoms with E-state index in [1.807, 2.05) is 6.08 Å². The Bertz CT molecular complexity index is 471. The van der Waals surface area contributed by atoms with Crippen LogP contribution < -0.4 is 10.1 Å². The SMILES string of the molecule is COc1ccc(C(=O)NC2CC=CCC2)c(F)c1. The molecule has 0 bridgehead atoms. The molecule has 96 valence electrons. The molecule has 18 heavy (non-hydrogen) atoms. The van der Waals surface area contributed by atoms with Crippen LogP contribution >= 0.6 is 0 Å². The van der Waals surface area contributed by atoms with E-state index in [2.05, 4.69) is 11.4 Å². The minimum atomic E-state index is -0.557. The number of hydrogen-bond donors (Lipinski definition) is 1. The first-order valence-electron chi connectivity index (χ1n) is 6.00. The number of nitrogens with one attached hydrogen (secondary N) is 1. The molecular weight excluding hydrogens is 233 g/mol. The summed E-state index contributed by atoms with van der Waals surface area (Å²) in [6, 6.07) is 4.35. The molecule has 4 heteroatoms. The van der Waals surface area contributed by atoms with E-state index in [1.54, 1.807) is 6.07 Å². The molecule has 0 saturated carbocycles. The standard InChI is InChI=1S/C14H16FNO2/c1-18-11-7-8-12(13(15)9-11)14(17)16-10-5-3-2-4-6-10/h2-3,7-10H,4-6H2,1H3,(H,16,17). The predicted octanol–water partition coefficient (Wildman–Crippen LogP) is 2.67. The Morgan fingerprint density at radius 3 is 2.89 bits per heavy atom. The molecule has 1 unspecified atom stereocenters. The van der Waals surface area contributed by atoms with Crippen molar-refractivity contribution in [2.45, 2.75) is 25.3 Å². The maximum absolute atomic E-state index is 13.7. The van der Waals surface area contributed by atoms with Crippen molar-refractivity contribution in [3.8, 4) is 5.75 Å². The van der Waals surface area contributed by atoms with E-state index in [4.69, 9.17) is 4.74 Å². The molecule has 0 radical (unpaired) electrons. The number of allylic oxidation sites excluding steroid dienone is 1. The Labute approximate surface area is 106 Å². The number of carbonyl (C=O) groups excluding carboxylic acids is 1. The number of methoxy groups -OCH3 is 1. The van der Waals surface area contributed by atoms with E-state index >= 15 is 0 Å². The lowest BCUT2D eigenvalue weighted by molar-refractivity contribution is 0.0930. The Balaban J connectivity index is 2.06. The highest BCUT2D eigenvalue weighted by Crippen LogP contribution is 2.17. The highest BCUT2D eigenvalue weighted by Gasteiger charge is 2.17. The van der Waals surface area contributed by atoms with Crippen LogP contribution in [0.25, 0.3) is 0 Å². The summed E-state index contributed by atoms with van der Waals surface area (Å²) in [5.74, 6) is -0.515. The van der Waals surface area contributed by atoms with Gasteiger partial charge in [-0.25, -0.2) is 4.39 Å². The summed E-state index contributed by atoms with van der Waals surface area (Å²) in [5.41, 5.74) is 0.0605. The van der Waals surface area contributed by atoms with Crippen LogP contribution in [0.4, 0.5) is 4.39 Å². The average molecular weight is 249 g/mol. The van der Waals surface area contributed by atoms with Gasteiger partial charge in [0.25, 0.3) is 5.91 Å². The van der Waals surface area contributed by atoms with Crippen LogP contribution in [0, 0.1) is 5.82 Å². The molecule has 1 N–H and O–H groups in total. The van der Waals surface area contributed by atoms with Gasteiger partial charge in [-0.3, -0.25) is 4.79 Å². The van der Waals surface area contributed by atoms with Crippen molar-refractivity contribution < 1.29 is 13.9 Å². The van der Waals surface area contributed by atoms with Crippen molar-refractivity contribution >= 4 is 5.91 Å².